The fourth-order valence-electron chi connectivity index (χ4n) is 1.80. The summed E-state index contributed by atoms with van der Waals surface area (Å²) >= 11 is 0. The first-order valence-corrected chi connectivity index (χ1v) is 6.54. The number of methoxy groups -OCH3 is 1. The van der Waals surface area contributed by atoms with Crippen molar-refractivity contribution >= 4 is 18.1 Å². The number of benzene rings is 1. The predicted molar refractivity (Wildman–Crippen MR) is 84.0 cm³/mol. The Bertz CT molecular complexity index is 568. The van der Waals surface area contributed by atoms with Crippen LogP contribution < -0.4 is 9.75 Å². The number of rotatable bonds is 4. The van der Waals surface area contributed by atoms with E-state index in [-0.39, 0.29) is 0 Å². The van der Waals surface area contributed by atoms with Gasteiger partial charge in [-0.15, -0.1) is 0 Å². The van der Waals surface area contributed by atoms with Crippen LogP contribution in [-0.2, 0) is 0 Å². The molecule has 1 aromatic carbocycles. The van der Waals surface area contributed by atoms with Crippen molar-refractivity contribution in [3.05, 3.63) is 48.2 Å². The van der Waals surface area contributed by atoms with E-state index in [1.54, 1.807) is 7.11 Å². The molecule has 0 radical (unpaired) electrons. The van der Waals surface area contributed by atoms with E-state index in [1.165, 1.54) is 0 Å². The Kier molecular flexibility index (Phi) is 4.71. The molecule has 0 N–H and O–H groups in total. The van der Waals surface area contributed by atoms with Gasteiger partial charge in [0.1, 0.15) is 19.0 Å². The zero-order valence-corrected chi connectivity index (χ0v) is 12.2. The van der Waals surface area contributed by atoms with Crippen molar-refractivity contribution in [1.82, 2.24) is 0 Å². The molecule has 2 rings (SSSR count). The third kappa shape index (κ3) is 3.82. The Morgan fingerprint density at radius 1 is 1.30 bits per heavy atom. The monoisotopic (exact) mass is 270 g/mol. The molecule has 0 aliphatic carbocycles. The van der Waals surface area contributed by atoms with E-state index in [2.05, 4.69) is 23.5 Å². The van der Waals surface area contributed by atoms with Crippen molar-refractivity contribution in [1.29, 1.82) is 0 Å². The third-order valence-corrected chi connectivity index (χ3v) is 3.08. The number of anilines is 1. The molecule has 1 aliphatic rings. The normalized spacial score (nSPS) is 14.8. The summed E-state index contributed by atoms with van der Waals surface area (Å²) in [6, 6.07) is 7.82. The number of hydrogen-bond acceptors (Lipinski definition) is 3. The quantitative estimate of drug-likeness (QED) is 0.478. The van der Waals surface area contributed by atoms with E-state index in [0.717, 1.165) is 23.4 Å². The molecule has 1 heterocycles. The molecule has 0 saturated carbocycles. The Balaban J connectivity index is 2.03. The zero-order valence-electron chi connectivity index (χ0n) is 12.2. The van der Waals surface area contributed by atoms with Gasteiger partial charge in [0.25, 0.3) is 0 Å². The second-order valence-electron chi connectivity index (χ2n) is 4.57. The molecule has 0 bridgehead atoms. The van der Waals surface area contributed by atoms with E-state index < -0.39 is 0 Å². The van der Waals surface area contributed by atoms with Crippen LogP contribution in [0, 0.1) is 0 Å². The fraction of sp³-hybridized carbons (Fsp3) is 0.250. The molecule has 0 fully saturated rings. The highest BCUT2D eigenvalue weighted by Crippen LogP contribution is 2.18. The zero-order chi connectivity index (χ0) is 14.4. The summed E-state index contributed by atoms with van der Waals surface area (Å²) in [7, 11) is 5.61. The Hall–Kier alpha value is -2.36. The average Bonchev–Trinajstić information content (AvgIpc) is 2.69. The number of ether oxygens (including phenoxy) is 1. The molecule has 4 heteroatoms. The Morgan fingerprint density at radius 2 is 2.05 bits per heavy atom. The third-order valence-electron chi connectivity index (χ3n) is 3.08. The SMILES string of the molecule is COc1ccc(N(C)N=CC2=CCC=[N+](C)C=C2)cc1. The topological polar surface area (TPSA) is 27.8 Å². The minimum atomic E-state index is 0.846. The lowest BCUT2D eigenvalue weighted by Crippen LogP contribution is -2.08. The summed E-state index contributed by atoms with van der Waals surface area (Å²) in [5.41, 5.74) is 2.12. The second kappa shape index (κ2) is 6.70. The number of nitrogens with zero attached hydrogens (tertiary/aromatic N) is 3. The van der Waals surface area contributed by atoms with Crippen LogP contribution in [0.3, 0.4) is 0 Å². The van der Waals surface area contributed by atoms with Gasteiger partial charge in [-0.1, -0.05) is 6.08 Å². The van der Waals surface area contributed by atoms with Crippen molar-refractivity contribution in [2.24, 2.45) is 5.10 Å². The van der Waals surface area contributed by atoms with Crippen LogP contribution in [0.4, 0.5) is 5.69 Å². The van der Waals surface area contributed by atoms with Crippen LogP contribution in [0.5, 0.6) is 5.75 Å². The second-order valence-corrected chi connectivity index (χ2v) is 4.57. The van der Waals surface area contributed by atoms with Gasteiger partial charge in [-0.25, -0.2) is 4.58 Å². The average molecular weight is 270 g/mol. The van der Waals surface area contributed by atoms with E-state index in [1.807, 2.05) is 60.4 Å². The molecular formula is C16H20N3O+. The maximum atomic E-state index is 5.14. The van der Waals surface area contributed by atoms with E-state index in [9.17, 15) is 0 Å². The molecule has 1 aromatic rings. The maximum absolute atomic E-state index is 5.14. The molecule has 0 atom stereocenters. The lowest BCUT2D eigenvalue weighted by Gasteiger charge is -2.13. The van der Waals surface area contributed by atoms with Gasteiger partial charge in [0.15, 0.2) is 6.20 Å². The smallest absolute Gasteiger partial charge is 0.168 e. The van der Waals surface area contributed by atoms with Crippen molar-refractivity contribution in [3.63, 3.8) is 0 Å². The molecule has 0 unspecified atom stereocenters. The molecule has 4 nitrogen and oxygen atoms in total. The summed E-state index contributed by atoms with van der Waals surface area (Å²) in [5, 5.41) is 6.30. The minimum Gasteiger partial charge on any atom is -0.497 e. The predicted octanol–water partition coefficient (Wildman–Crippen LogP) is 2.67. The van der Waals surface area contributed by atoms with Gasteiger partial charge in [0, 0.05) is 19.5 Å². The van der Waals surface area contributed by atoms with Crippen LogP contribution in [0.2, 0.25) is 0 Å². The minimum absolute atomic E-state index is 0.846. The standard InChI is InChI=1S/C16H20N3O/c1-18-11-4-5-14(10-12-18)13-17-19(2)15-6-8-16(20-3)9-7-15/h5-13H,4H2,1-3H3/q+1. The molecular weight excluding hydrogens is 250 g/mol. The van der Waals surface area contributed by atoms with Crippen LogP contribution in [-0.4, -0.2) is 38.2 Å². The van der Waals surface area contributed by atoms with Crippen molar-refractivity contribution in [3.8, 4) is 5.75 Å². The molecule has 0 spiro atoms. The van der Waals surface area contributed by atoms with E-state index in [0.29, 0.717) is 0 Å². The lowest BCUT2D eigenvalue weighted by molar-refractivity contribution is -0.417. The molecule has 1 aliphatic heterocycles. The van der Waals surface area contributed by atoms with Gasteiger partial charge < -0.3 is 4.74 Å². The van der Waals surface area contributed by atoms with Crippen molar-refractivity contribution < 1.29 is 9.31 Å². The maximum Gasteiger partial charge on any atom is 0.168 e. The molecule has 20 heavy (non-hydrogen) atoms. The van der Waals surface area contributed by atoms with Crippen LogP contribution in [0.15, 0.2) is 53.3 Å². The lowest BCUT2D eigenvalue weighted by atomic mass is 10.2. The largest absolute Gasteiger partial charge is 0.497 e. The van der Waals surface area contributed by atoms with Crippen molar-refractivity contribution in [2.75, 3.05) is 26.2 Å². The van der Waals surface area contributed by atoms with Crippen molar-refractivity contribution in [2.45, 2.75) is 6.42 Å². The van der Waals surface area contributed by atoms with Gasteiger partial charge in [-0.05, 0) is 29.8 Å². The molecule has 104 valence electrons. The van der Waals surface area contributed by atoms with E-state index in [4.69, 9.17) is 4.74 Å². The Morgan fingerprint density at radius 3 is 2.75 bits per heavy atom. The van der Waals surface area contributed by atoms with Crippen LogP contribution >= 0.6 is 0 Å². The molecule has 0 saturated heterocycles. The number of hydrazone groups is 1. The molecule has 0 aromatic heterocycles. The highest BCUT2D eigenvalue weighted by atomic mass is 16.5. The van der Waals surface area contributed by atoms with Gasteiger partial charge in [0.05, 0.1) is 19.0 Å². The summed E-state index contributed by atoms with van der Waals surface area (Å²) in [5.74, 6) is 0.846. The van der Waals surface area contributed by atoms with Crippen LogP contribution in [0.1, 0.15) is 6.42 Å². The van der Waals surface area contributed by atoms with Crippen LogP contribution in [0.25, 0.3) is 0 Å². The van der Waals surface area contributed by atoms with Gasteiger partial charge in [-0.3, -0.25) is 5.01 Å². The summed E-state index contributed by atoms with van der Waals surface area (Å²) < 4.78 is 7.19. The van der Waals surface area contributed by atoms with E-state index >= 15 is 0 Å². The summed E-state index contributed by atoms with van der Waals surface area (Å²) in [4.78, 5) is 0. The first kappa shape index (κ1) is 14.1. The van der Waals surface area contributed by atoms with Gasteiger partial charge in [0.2, 0.25) is 0 Å². The summed E-state index contributed by atoms with van der Waals surface area (Å²) in [6.45, 7) is 0. The fourth-order valence-corrected chi connectivity index (χ4v) is 1.80. The number of allylic oxidation sites excluding steroid dienone is 3. The number of hydrogen-bond donors (Lipinski definition) is 0. The Labute approximate surface area is 120 Å². The first-order valence-electron chi connectivity index (χ1n) is 6.54. The highest BCUT2D eigenvalue weighted by Gasteiger charge is 2.00. The van der Waals surface area contributed by atoms with Gasteiger partial charge in [-0.2, -0.15) is 5.10 Å². The van der Waals surface area contributed by atoms with Gasteiger partial charge >= 0.3 is 0 Å². The summed E-state index contributed by atoms with van der Waals surface area (Å²) in [6.07, 6.45) is 11.1. The first-order chi connectivity index (χ1) is 9.69. The highest BCUT2D eigenvalue weighted by molar-refractivity contribution is 5.83. The molecule has 0 amide bonds.